The van der Waals surface area contributed by atoms with Crippen molar-refractivity contribution in [1.29, 1.82) is 0 Å². The van der Waals surface area contributed by atoms with Crippen molar-refractivity contribution in [1.82, 2.24) is 9.97 Å². The third-order valence-corrected chi connectivity index (χ3v) is 3.95. The molecule has 0 saturated heterocycles. The first-order chi connectivity index (χ1) is 11.7. The van der Waals surface area contributed by atoms with E-state index in [0.29, 0.717) is 10.8 Å². The number of anilines is 1. The zero-order valence-corrected chi connectivity index (χ0v) is 13.4. The summed E-state index contributed by atoms with van der Waals surface area (Å²) >= 11 is 0. The average molecular weight is 353 g/mol. The van der Waals surface area contributed by atoms with Crippen LogP contribution < -0.4 is 15.6 Å². The predicted octanol–water partition coefficient (Wildman–Crippen LogP) is 2.60. The molecule has 0 radical (unpaired) electrons. The molecule has 3 aromatic rings. The zero-order valence-electron chi connectivity index (χ0n) is 13.4. The van der Waals surface area contributed by atoms with Crippen molar-refractivity contribution in [3.63, 3.8) is 0 Å². The molecule has 0 aliphatic carbocycles. The van der Waals surface area contributed by atoms with Gasteiger partial charge in [-0.2, -0.15) is 13.2 Å². The monoisotopic (exact) mass is 353 g/mol. The molecule has 3 rings (SSSR count). The minimum atomic E-state index is -4.46. The number of H-pyrrole nitrogens is 1. The van der Waals surface area contributed by atoms with Gasteiger partial charge in [0.15, 0.2) is 0 Å². The summed E-state index contributed by atoms with van der Waals surface area (Å²) in [4.78, 5) is 18.8. The van der Waals surface area contributed by atoms with Gasteiger partial charge in [-0.1, -0.05) is 13.8 Å². The zero-order chi connectivity index (χ0) is 18.4. The topological polar surface area (TPSA) is 81.9 Å². The van der Waals surface area contributed by atoms with E-state index in [9.17, 15) is 23.2 Å². The maximum Gasteiger partial charge on any atom is 0.408 e. The minimum absolute atomic E-state index is 0.00438. The molecular weight excluding hydrogens is 337 g/mol. The number of hydrogen-bond donors (Lipinski definition) is 3. The van der Waals surface area contributed by atoms with Crippen molar-refractivity contribution in [3.05, 3.63) is 41.1 Å². The number of rotatable bonds is 3. The number of alkyl halides is 3. The molecule has 6 nitrogen and oxygen atoms in total. The van der Waals surface area contributed by atoms with Gasteiger partial charge in [0.25, 0.3) is 5.56 Å². The number of pyridine rings is 3. The number of fused-ring (bicyclic) bond motifs is 3. The molecule has 25 heavy (non-hydrogen) atoms. The van der Waals surface area contributed by atoms with Crippen molar-refractivity contribution >= 4 is 27.5 Å². The summed E-state index contributed by atoms with van der Waals surface area (Å²) in [6.45, 7) is 2.92. The highest BCUT2D eigenvalue weighted by molar-refractivity contribution is 6.08. The third kappa shape index (κ3) is 3.09. The fraction of sp³-hybridized carbons (Fsp3) is 0.312. The van der Waals surface area contributed by atoms with Crippen LogP contribution in [0.25, 0.3) is 21.7 Å². The Morgan fingerprint density at radius 2 is 2.00 bits per heavy atom. The fourth-order valence-electron chi connectivity index (χ4n) is 2.78. The number of nitrogens with zero attached hydrogens (tertiary/aromatic N) is 2. The second kappa shape index (κ2) is 5.91. The second-order valence-electron chi connectivity index (χ2n) is 6.09. The molecule has 9 heteroatoms. The van der Waals surface area contributed by atoms with Gasteiger partial charge in [-0.05, 0) is 12.0 Å². The van der Waals surface area contributed by atoms with Gasteiger partial charge in [0.1, 0.15) is 11.9 Å². The first-order valence-corrected chi connectivity index (χ1v) is 7.57. The molecule has 3 heterocycles. The highest BCUT2D eigenvalue weighted by atomic mass is 19.4. The average Bonchev–Trinajstić information content (AvgIpc) is 2.50. The van der Waals surface area contributed by atoms with Gasteiger partial charge in [0.2, 0.25) is 12.4 Å². The van der Waals surface area contributed by atoms with E-state index in [1.165, 1.54) is 44.6 Å². The first kappa shape index (κ1) is 17.0. The summed E-state index contributed by atoms with van der Waals surface area (Å²) in [5.41, 5.74) is -0.210. The molecule has 0 fully saturated rings. The number of aromatic amines is 1. The van der Waals surface area contributed by atoms with E-state index in [2.05, 4.69) is 15.3 Å². The van der Waals surface area contributed by atoms with Crippen LogP contribution in [0.2, 0.25) is 0 Å². The molecule has 0 unspecified atom stereocenters. The minimum Gasteiger partial charge on any atom is -0.358 e. The molecule has 1 atom stereocenters. The SMILES string of the molecule is CC(C)[C@@H](Nc1nc2cc[nH]c(=O)c2c2c[n+](O)ccc12)C(F)(F)F. The van der Waals surface area contributed by atoms with Crippen molar-refractivity contribution in [3.8, 4) is 0 Å². The first-order valence-electron chi connectivity index (χ1n) is 7.57. The molecule has 0 spiro atoms. The molecule has 3 N–H and O–H groups in total. The van der Waals surface area contributed by atoms with Crippen molar-refractivity contribution in [2.45, 2.75) is 26.1 Å². The van der Waals surface area contributed by atoms with Gasteiger partial charge >= 0.3 is 6.18 Å². The van der Waals surface area contributed by atoms with Gasteiger partial charge < -0.3 is 10.3 Å². The van der Waals surface area contributed by atoms with Crippen molar-refractivity contribution in [2.75, 3.05) is 5.32 Å². The standard InChI is InChI=1S/C16H15F3N4O2/c1-8(2)13(16(17,18)19)22-14-9-4-6-23(25)7-10(9)12-11(21-14)3-5-20-15(12)24/h3-8,13H,1-2H3,(H2-,20,21,22,24,25)/p+1/t13-/m1/s1. The molecule has 132 valence electrons. The van der Waals surface area contributed by atoms with Gasteiger partial charge in [-0.15, -0.1) is 0 Å². The Labute approximate surface area is 139 Å². The summed E-state index contributed by atoms with van der Waals surface area (Å²) in [5, 5.41) is 12.9. The third-order valence-electron chi connectivity index (χ3n) is 3.95. The van der Waals surface area contributed by atoms with E-state index < -0.39 is 23.7 Å². The molecule has 0 bridgehead atoms. The van der Waals surface area contributed by atoms with Gasteiger partial charge in [0, 0.05) is 22.4 Å². The smallest absolute Gasteiger partial charge is 0.358 e. The van der Waals surface area contributed by atoms with E-state index in [0.717, 1.165) is 4.73 Å². The maximum atomic E-state index is 13.3. The van der Waals surface area contributed by atoms with Crippen molar-refractivity contribution in [2.24, 2.45) is 5.92 Å². The van der Waals surface area contributed by atoms with Crippen LogP contribution in [0.1, 0.15) is 13.8 Å². The molecular formula is C16H16F3N4O2+. The molecule has 0 saturated carbocycles. The Kier molecular flexibility index (Phi) is 4.02. The Balaban J connectivity index is 2.29. The van der Waals surface area contributed by atoms with E-state index >= 15 is 0 Å². The van der Waals surface area contributed by atoms with Gasteiger partial charge in [-0.25, -0.2) is 4.98 Å². The predicted molar refractivity (Wildman–Crippen MR) is 85.6 cm³/mol. The molecule has 3 aromatic heterocycles. The Morgan fingerprint density at radius 3 is 2.64 bits per heavy atom. The molecule has 0 aliphatic heterocycles. The lowest BCUT2D eigenvalue weighted by atomic mass is 10.0. The van der Waals surface area contributed by atoms with Gasteiger partial charge in [0.05, 0.1) is 16.3 Å². The van der Waals surface area contributed by atoms with E-state index in [1.807, 2.05) is 0 Å². The normalized spacial score (nSPS) is 13.5. The largest absolute Gasteiger partial charge is 0.408 e. The van der Waals surface area contributed by atoms with Crippen LogP contribution in [0.5, 0.6) is 0 Å². The van der Waals surface area contributed by atoms with Crippen LogP contribution >= 0.6 is 0 Å². The summed E-state index contributed by atoms with van der Waals surface area (Å²) < 4.78 is 40.7. The van der Waals surface area contributed by atoms with E-state index in [-0.39, 0.29) is 16.7 Å². The highest BCUT2D eigenvalue weighted by Gasteiger charge is 2.42. The number of nitrogens with one attached hydrogen (secondary N) is 2. The number of hydrogen-bond acceptors (Lipinski definition) is 4. The second-order valence-corrected chi connectivity index (χ2v) is 6.09. The Morgan fingerprint density at radius 1 is 1.28 bits per heavy atom. The van der Waals surface area contributed by atoms with Crippen LogP contribution in [0.15, 0.2) is 35.5 Å². The van der Waals surface area contributed by atoms with Crippen LogP contribution in [-0.4, -0.2) is 27.4 Å². The van der Waals surface area contributed by atoms with Crippen molar-refractivity contribution < 1.29 is 23.1 Å². The summed E-state index contributed by atoms with van der Waals surface area (Å²) in [6.07, 6.45) is -0.572. The highest BCUT2D eigenvalue weighted by Crippen LogP contribution is 2.32. The quantitative estimate of drug-likeness (QED) is 0.384. The maximum absolute atomic E-state index is 13.3. The lowest BCUT2D eigenvalue weighted by Crippen LogP contribution is -2.40. The number of aromatic nitrogens is 3. The molecule has 0 amide bonds. The fourth-order valence-corrected chi connectivity index (χ4v) is 2.78. The lowest BCUT2D eigenvalue weighted by molar-refractivity contribution is -0.903. The van der Waals surface area contributed by atoms with Crippen LogP contribution in [0.4, 0.5) is 19.0 Å². The van der Waals surface area contributed by atoms with E-state index in [4.69, 9.17) is 0 Å². The molecule has 0 aliphatic rings. The summed E-state index contributed by atoms with van der Waals surface area (Å²) in [5.74, 6) is -0.720. The van der Waals surface area contributed by atoms with Crippen LogP contribution in [0, 0.1) is 5.92 Å². The lowest BCUT2D eigenvalue weighted by Gasteiger charge is -2.26. The van der Waals surface area contributed by atoms with E-state index in [1.54, 1.807) is 0 Å². The van der Waals surface area contributed by atoms with Crippen LogP contribution in [0.3, 0.4) is 0 Å². The summed E-state index contributed by atoms with van der Waals surface area (Å²) in [6, 6.07) is 1.10. The number of halogens is 3. The summed E-state index contributed by atoms with van der Waals surface area (Å²) in [7, 11) is 0. The molecule has 0 aromatic carbocycles. The Bertz CT molecular complexity index is 998. The van der Waals surface area contributed by atoms with Crippen LogP contribution in [-0.2, 0) is 0 Å². The Hall–Kier alpha value is -2.84. The van der Waals surface area contributed by atoms with Gasteiger partial charge in [-0.3, -0.25) is 10.0 Å².